The number of aliphatic hydroxyl groups is 2. The predicted molar refractivity (Wildman–Crippen MR) is 77.5 cm³/mol. The molecule has 2 N–H and O–H groups in total. The molecule has 6 nitrogen and oxygen atoms in total. The third-order valence-corrected chi connectivity index (χ3v) is 3.63. The molecule has 20 heavy (non-hydrogen) atoms. The molecule has 0 amide bonds. The summed E-state index contributed by atoms with van der Waals surface area (Å²) in [5, 5.41) is 23.2. The van der Waals surface area contributed by atoms with Crippen molar-refractivity contribution in [1.29, 1.82) is 0 Å². The van der Waals surface area contributed by atoms with Gasteiger partial charge in [-0.25, -0.2) is 0 Å². The molecule has 1 aromatic rings. The van der Waals surface area contributed by atoms with E-state index in [1.807, 2.05) is 18.2 Å². The molecule has 108 valence electrons. The molecule has 0 spiro atoms. The van der Waals surface area contributed by atoms with Crippen LogP contribution in [0.25, 0.3) is 10.4 Å². The van der Waals surface area contributed by atoms with E-state index in [-0.39, 0.29) is 6.54 Å². The molecule has 1 aliphatic heterocycles. The third-order valence-electron chi connectivity index (χ3n) is 3.63. The van der Waals surface area contributed by atoms with Crippen LogP contribution in [0.4, 0.5) is 5.69 Å². The molecule has 1 heterocycles. The number of nitrogens with zero attached hydrogens (tertiary/aromatic N) is 4. The topological polar surface area (TPSA) is 92.5 Å². The first kappa shape index (κ1) is 14.7. The van der Waals surface area contributed by atoms with Gasteiger partial charge in [0.25, 0.3) is 0 Å². The average Bonchev–Trinajstić information content (AvgIpc) is 2.53. The number of benzene rings is 1. The number of rotatable bonds is 5. The van der Waals surface area contributed by atoms with Crippen molar-refractivity contribution in [3.05, 3.63) is 40.3 Å². The maximum absolute atomic E-state index is 10.1. The Morgan fingerprint density at radius 2 is 2.00 bits per heavy atom. The van der Waals surface area contributed by atoms with E-state index in [9.17, 15) is 10.2 Å². The van der Waals surface area contributed by atoms with E-state index in [0.29, 0.717) is 5.56 Å². The SMILES string of the molecule is [N-]=[N+]=NCC(O)C(O)c1cccc(N2CCCCC2)c1. The number of aliphatic hydroxyl groups excluding tert-OH is 2. The van der Waals surface area contributed by atoms with Gasteiger partial charge in [0.15, 0.2) is 0 Å². The summed E-state index contributed by atoms with van der Waals surface area (Å²) in [6.45, 7) is 1.92. The fraction of sp³-hybridized carbons (Fsp3) is 0.571. The maximum atomic E-state index is 10.1. The van der Waals surface area contributed by atoms with E-state index in [0.717, 1.165) is 18.8 Å². The minimum absolute atomic E-state index is 0.133. The van der Waals surface area contributed by atoms with Crippen molar-refractivity contribution in [1.82, 2.24) is 0 Å². The average molecular weight is 276 g/mol. The Balaban J connectivity index is 2.09. The van der Waals surface area contributed by atoms with Crippen LogP contribution in [0, 0.1) is 0 Å². The summed E-state index contributed by atoms with van der Waals surface area (Å²) in [5.74, 6) is 0. The van der Waals surface area contributed by atoms with Gasteiger partial charge in [0.2, 0.25) is 0 Å². The largest absolute Gasteiger partial charge is 0.390 e. The van der Waals surface area contributed by atoms with Crippen LogP contribution in [0.3, 0.4) is 0 Å². The Morgan fingerprint density at radius 1 is 1.25 bits per heavy atom. The van der Waals surface area contributed by atoms with Crippen molar-refractivity contribution in [2.45, 2.75) is 31.5 Å². The van der Waals surface area contributed by atoms with Gasteiger partial charge in [-0.05, 0) is 42.5 Å². The van der Waals surface area contributed by atoms with Crippen LogP contribution < -0.4 is 4.90 Å². The van der Waals surface area contributed by atoms with Crippen LogP contribution in [-0.2, 0) is 0 Å². The summed E-state index contributed by atoms with van der Waals surface area (Å²) >= 11 is 0. The zero-order valence-electron chi connectivity index (χ0n) is 11.4. The van der Waals surface area contributed by atoms with Crippen molar-refractivity contribution in [2.24, 2.45) is 5.11 Å². The van der Waals surface area contributed by atoms with Gasteiger partial charge in [-0.1, -0.05) is 17.2 Å². The lowest BCUT2D eigenvalue weighted by Crippen LogP contribution is -2.29. The molecule has 0 aromatic heterocycles. The highest BCUT2D eigenvalue weighted by Crippen LogP contribution is 2.25. The molecule has 0 bridgehead atoms. The second-order valence-electron chi connectivity index (χ2n) is 5.07. The van der Waals surface area contributed by atoms with Crippen LogP contribution in [0.15, 0.2) is 29.4 Å². The Hall–Kier alpha value is -1.75. The molecule has 0 radical (unpaired) electrons. The van der Waals surface area contributed by atoms with Crippen molar-refractivity contribution < 1.29 is 10.2 Å². The highest BCUT2D eigenvalue weighted by atomic mass is 16.3. The second kappa shape index (κ2) is 7.14. The van der Waals surface area contributed by atoms with E-state index in [1.54, 1.807) is 6.07 Å². The van der Waals surface area contributed by atoms with Gasteiger partial charge in [0.1, 0.15) is 6.10 Å². The molecule has 2 rings (SSSR count). The van der Waals surface area contributed by atoms with Gasteiger partial charge in [0.05, 0.1) is 12.6 Å². The lowest BCUT2D eigenvalue weighted by Gasteiger charge is -2.29. The third kappa shape index (κ3) is 3.63. The summed E-state index contributed by atoms with van der Waals surface area (Å²) < 4.78 is 0. The fourth-order valence-electron chi connectivity index (χ4n) is 2.50. The summed E-state index contributed by atoms with van der Waals surface area (Å²) in [6, 6.07) is 7.57. The predicted octanol–water partition coefficient (Wildman–Crippen LogP) is 2.38. The second-order valence-corrected chi connectivity index (χ2v) is 5.07. The lowest BCUT2D eigenvalue weighted by molar-refractivity contribution is 0.0244. The smallest absolute Gasteiger partial charge is 0.105 e. The highest BCUT2D eigenvalue weighted by molar-refractivity contribution is 5.49. The number of anilines is 1. The van der Waals surface area contributed by atoms with E-state index in [4.69, 9.17) is 5.53 Å². The molecule has 0 saturated carbocycles. The van der Waals surface area contributed by atoms with Crippen molar-refractivity contribution >= 4 is 5.69 Å². The molecule has 1 fully saturated rings. The lowest BCUT2D eigenvalue weighted by atomic mass is 10.0. The van der Waals surface area contributed by atoms with Crippen LogP contribution in [0.1, 0.15) is 30.9 Å². The van der Waals surface area contributed by atoms with Gasteiger partial charge in [-0.15, -0.1) is 0 Å². The van der Waals surface area contributed by atoms with Gasteiger partial charge in [-0.3, -0.25) is 0 Å². The molecule has 1 saturated heterocycles. The molecule has 6 heteroatoms. The molecule has 2 unspecified atom stereocenters. The molecule has 1 aromatic carbocycles. The van der Waals surface area contributed by atoms with Crippen LogP contribution in [0.2, 0.25) is 0 Å². The summed E-state index contributed by atoms with van der Waals surface area (Å²) in [4.78, 5) is 4.88. The van der Waals surface area contributed by atoms with Gasteiger partial charge < -0.3 is 15.1 Å². The zero-order chi connectivity index (χ0) is 14.4. The number of piperidine rings is 1. The molecular formula is C14H20N4O2. The fourth-order valence-corrected chi connectivity index (χ4v) is 2.50. The Kier molecular flexibility index (Phi) is 5.24. The highest BCUT2D eigenvalue weighted by Gasteiger charge is 2.19. The van der Waals surface area contributed by atoms with Gasteiger partial charge >= 0.3 is 0 Å². The summed E-state index contributed by atoms with van der Waals surface area (Å²) in [5.41, 5.74) is 9.95. The first-order valence-corrected chi connectivity index (χ1v) is 6.94. The van der Waals surface area contributed by atoms with E-state index in [1.165, 1.54) is 19.3 Å². The van der Waals surface area contributed by atoms with Crippen molar-refractivity contribution in [3.8, 4) is 0 Å². The molecular weight excluding hydrogens is 256 g/mol. The van der Waals surface area contributed by atoms with Crippen LogP contribution >= 0.6 is 0 Å². The Labute approximate surface area is 118 Å². The van der Waals surface area contributed by atoms with Gasteiger partial charge in [-0.2, -0.15) is 0 Å². The van der Waals surface area contributed by atoms with E-state index in [2.05, 4.69) is 14.9 Å². The van der Waals surface area contributed by atoms with Gasteiger partial charge in [0, 0.05) is 23.7 Å². The molecule has 2 atom stereocenters. The normalized spacial score (nSPS) is 18.2. The Morgan fingerprint density at radius 3 is 2.70 bits per heavy atom. The van der Waals surface area contributed by atoms with E-state index < -0.39 is 12.2 Å². The zero-order valence-corrected chi connectivity index (χ0v) is 11.4. The molecule has 1 aliphatic rings. The summed E-state index contributed by atoms with van der Waals surface area (Å²) in [7, 11) is 0. The molecule has 0 aliphatic carbocycles. The minimum atomic E-state index is -1.08. The maximum Gasteiger partial charge on any atom is 0.105 e. The van der Waals surface area contributed by atoms with Crippen LogP contribution in [0.5, 0.6) is 0 Å². The number of hydrogen-bond acceptors (Lipinski definition) is 4. The first-order chi connectivity index (χ1) is 9.72. The minimum Gasteiger partial charge on any atom is -0.390 e. The Bertz CT molecular complexity index is 482. The quantitative estimate of drug-likeness (QED) is 0.491. The number of azide groups is 1. The van der Waals surface area contributed by atoms with E-state index >= 15 is 0 Å². The number of hydrogen-bond donors (Lipinski definition) is 2. The summed E-state index contributed by atoms with van der Waals surface area (Å²) in [6.07, 6.45) is 1.52. The van der Waals surface area contributed by atoms with Crippen molar-refractivity contribution in [2.75, 3.05) is 24.5 Å². The standard InChI is InChI=1S/C14H20N4O2/c15-17-16-10-13(19)14(20)11-5-4-6-12(9-11)18-7-2-1-3-8-18/h4-6,9,13-14,19-20H,1-3,7-8,10H2. The van der Waals surface area contributed by atoms with Crippen LogP contribution in [-0.4, -0.2) is 36.0 Å². The monoisotopic (exact) mass is 276 g/mol. The van der Waals surface area contributed by atoms with Crippen molar-refractivity contribution in [3.63, 3.8) is 0 Å². The first-order valence-electron chi connectivity index (χ1n) is 6.94.